The van der Waals surface area contributed by atoms with Crippen LogP contribution < -0.4 is 5.11 Å². The molecular weight excluding hydrogens is 184 g/mol. The third-order valence-electron chi connectivity index (χ3n) is 2.17. The first-order valence-electron chi connectivity index (χ1n) is 4.85. The fourth-order valence-corrected chi connectivity index (χ4v) is 1.37. The van der Waals surface area contributed by atoms with Crippen molar-refractivity contribution in [2.45, 2.75) is 0 Å². The Labute approximate surface area is 89.3 Å². The van der Waals surface area contributed by atoms with E-state index in [2.05, 4.69) is 0 Å². The van der Waals surface area contributed by atoms with Gasteiger partial charge in [0.2, 0.25) is 0 Å². The van der Waals surface area contributed by atoms with E-state index in [9.17, 15) is 5.11 Å². The lowest BCUT2D eigenvalue weighted by Crippen LogP contribution is -1.91. The number of benzene rings is 2. The van der Waals surface area contributed by atoms with Gasteiger partial charge >= 0.3 is 0 Å². The van der Waals surface area contributed by atoms with Crippen LogP contribution in [0.2, 0.25) is 0 Å². The molecule has 0 atom stereocenters. The van der Waals surface area contributed by atoms with Gasteiger partial charge in [-0.25, -0.2) is 0 Å². The molecule has 2 aromatic carbocycles. The van der Waals surface area contributed by atoms with Crippen LogP contribution in [0.3, 0.4) is 0 Å². The minimum Gasteiger partial charge on any atom is -0.872 e. The predicted octanol–water partition coefficient (Wildman–Crippen LogP) is 2.93. The van der Waals surface area contributed by atoms with Crippen LogP contribution in [0.25, 0.3) is 12.2 Å². The third-order valence-corrected chi connectivity index (χ3v) is 2.17. The average molecular weight is 195 g/mol. The molecule has 1 heteroatoms. The standard InChI is InChI=1S/C14H12O/c15-14-9-5-4-8-13(14)11-10-12-6-2-1-3-7-12/h1-11,15H/p-1/b11-10+. The van der Waals surface area contributed by atoms with Crippen LogP contribution in [0.15, 0.2) is 54.6 Å². The Morgan fingerprint density at radius 3 is 2.13 bits per heavy atom. The molecule has 0 spiro atoms. The highest BCUT2D eigenvalue weighted by atomic mass is 16.3. The van der Waals surface area contributed by atoms with E-state index >= 15 is 0 Å². The predicted molar refractivity (Wildman–Crippen MR) is 61.3 cm³/mol. The molecule has 0 N–H and O–H groups in total. The molecule has 0 bridgehead atoms. The Balaban J connectivity index is 2.23. The molecule has 0 aromatic heterocycles. The van der Waals surface area contributed by atoms with Crippen molar-refractivity contribution in [1.29, 1.82) is 0 Å². The van der Waals surface area contributed by atoms with Gasteiger partial charge in [0, 0.05) is 0 Å². The number of hydrogen-bond acceptors (Lipinski definition) is 1. The highest BCUT2D eigenvalue weighted by Crippen LogP contribution is 2.15. The summed E-state index contributed by atoms with van der Waals surface area (Å²) in [6.07, 6.45) is 3.79. The van der Waals surface area contributed by atoms with Gasteiger partial charge in [-0.15, -0.1) is 5.75 Å². The summed E-state index contributed by atoms with van der Waals surface area (Å²) >= 11 is 0. The van der Waals surface area contributed by atoms with Crippen LogP contribution in [0.5, 0.6) is 5.75 Å². The second-order valence-corrected chi connectivity index (χ2v) is 3.28. The molecule has 0 aliphatic heterocycles. The lowest BCUT2D eigenvalue weighted by atomic mass is 10.1. The Bertz CT molecular complexity index is 458. The molecule has 0 saturated carbocycles. The number of rotatable bonds is 2. The van der Waals surface area contributed by atoms with Crippen molar-refractivity contribution in [3.8, 4) is 5.75 Å². The van der Waals surface area contributed by atoms with Crippen molar-refractivity contribution in [3.05, 3.63) is 65.7 Å². The van der Waals surface area contributed by atoms with E-state index < -0.39 is 0 Å². The summed E-state index contributed by atoms with van der Waals surface area (Å²) in [5.41, 5.74) is 1.82. The quantitative estimate of drug-likeness (QED) is 0.676. The van der Waals surface area contributed by atoms with Crippen LogP contribution in [0.1, 0.15) is 11.1 Å². The zero-order chi connectivity index (χ0) is 10.5. The maximum atomic E-state index is 11.4. The fourth-order valence-electron chi connectivity index (χ4n) is 1.37. The summed E-state index contributed by atoms with van der Waals surface area (Å²) in [5.74, 6) is 0.0599. The number of hydrogen-bond donors (Lipinski definition) is 0. The minimum absolute atomic E-state index is 0.0599. The van der Waals surface area contributed by atoms with Gasteiger partial charge in [0.15, 0.2) is 0 Å². The second-order valence-electron chi connectivity index (χ2n) is 3.28. The van der Waals surface area contributed by atoms with E-state index in [1.165, 1.54) is 0 Å². The molecule has 0 unspecified atom stereocenters. The van der Waals surface area contributed by atoms with Crippen LogP contribution >= 0.6 is 0 Å². The average Bonchev–Trinajstić information content (AvgIpc) is 2.29. The van der Waals surface area contributed by atoms with Crippen LogP contribution in [-0.2, 0) is 0 Å². The largest absolute Gasteiger partial charge is 0.872 e. The van der Waals surface area contributed by atoms with Crippen LogP contribution in [0, 0.1) is 0 Å². The Kier molecular flexibility index (Phi) is 2.84. The zero-order valence-corrected chi connectivity index (χ0v) is 8.26. The van der Waals surface area contributed by atoms with E-state index in [0.717, 1.165) is 11.1 Å². The topological polar surface area (TPSA) is 23.1 Å². The monoisotopic (exact) mass is 195 g/mol. The highest BCUT2D eigenvalue weighted by Gasteiger charge is 1.87. The molecule has 74 valence electrons. The molecular formula is C14H11O-. The molecule has 15 heavy (non-hydrogen) atoms. The van der Waals surface area contributed by atoms with Crippen molar-refractivity contribution in [3.63, 3.8) is 0 Å². The summed E-state index contributed by atoms with van der Waals surface area (Å²) in [6, 6.07) is 16.9. The van der Waals surface area contributed by atoms with Gasteiger partial charge in [0.25, 0.3) is 0 Å². The van der Waals surface area contributed by atoms with E-state index in [1.54, 1.807) is 12.1 Å². The van der Waals surface area contributed by atoms with Crippen molar-refractivity contribution in [2.24, 2.45) is 0 Å². The van der Waals surface area contributed by atoms with Crippen molar-refractivity contribution in [2.75, 3.05) is 0 Å². The van der Waals surface area contributed by atoms with Crippen molar-refractivity contribution >= 4 is 12.2 Å². The van der Waals surface area contributed by atoms with Crippen LogP contribution in [-0.4, -0.2) is 0 Å². The molecule has 1 nitrogen and oxygen atoms in total. The van der Waals surface area contributed by atoms with Gasteiger partial charge in [-0.05, 0) is 11.1 Å². The van der Waals surface area contributed by atoms with Crippen molar-refractivity contribution < 1.29 is 5.11 Å². The maximum Gasteiger partial charge on any atom is -0.0256 e. The van der Waals surface area contributed by atoms with E-state index in [4.69, 9.17) is 0 Å². The molecule has 0 saturated heterocycles. The van der Waals surface area contributed by atoms with Gasteiger partial charge in [-0.1, -0.05) is 66.7 Å². The first kappa shape index (κ1) is 9.53. The van der Waals surface area contributed by atoms with Gasteiger partial charge < -0.3 is 5.11 Å². The smallest absolute Gasteiger partial charge is 0.0256 e. The van der Waals surface area contributed by atoms with Gasteiger partial charge in [0.1, 0.15) is 0 Å². The second kappa shape index (κ2) is 4.47. The molecule has 0 fully saturated rings. The Hall–Kier alpha value is -2.02. The fraction of sp³-hybridized carbons (Fsp3) is 0. The lowest BCUT2D eigenvalue weighted by molar-refractivity contribution is -0.268. The maximum absolute atomic E-state index is 11.4. The number of para-hydroxylation sites is 1. The molecule has 0 radical (unpaired) electrons. The molecule has 0 aliphatic rings. The van der Waals surface area contributed by atoms with Gasteiger partial charge in [0.05, 0.1) is 0 Å². The van der Waals surface area contributed by atoms with E-state index in [1.807, 2.05) is 54.6 Å². The zero-order valence-electron chi connectivity index (χ0n) is 8.26. The normalized spacial score (nSPS) is 10.7. The third kappa shape index (κ3) is 2.47. The first-order chi connectivity index (χ1) is 7.36. The van der Waals surface area contributed by atoms with E-state index in [0.29, 0.717) is 0 Å². The summed E-state index contributed by atoms with van der Waals surface area (Å²) < 4.78 is 0. The lowest BCUT2D eigenvalue weighted by Gasteiger charge is -2.08. The molecule has 0 aliphatic carbocycles. The summed E-state index contributed by atoms with van der Waals surface area (Å²) in [6.45, 7) is 0. The Morgan fingerprint density at radius 1 is 0.733 bits per heavy atom. The first-order valence-corrected chi connectivity index (χ1v) is 4.85. The van der Waals surface area contributed by atoms with Gasteiger partial charge in [-0.3, -0.25) is 0 Å². The summed E-state index contributed by atoms with van der Waals surface area (Å²) in [7, 11) is 0. The molecule has 2 rings (SSSR count). The van der Waals surface area contributed by atoms with Crippen LogP contribution in [0.4, 0.5) is 0 Å². The SMILES string of the molecule is [O-]c1ccccc1/C=C/c1ccccc1. The molecule has 0 heterocycles. The molecule has 2 aromatic rings. The Morgan fingerprint density at radius 2 is 1.40 bits per heavy atom. The summed E-state index contributed by atoms with van der Waals surface area (Å²) in [5, 5.41) is 11.4. The van der Waals surface area contributed by atoms with Gasteiger partial charge in [-0.2, -0.15) is 0 Å². The molecule has 0 amide bonds. The minimum atomic E-state index is 0.0599. The highest BCUT2D eigenvalue weighted by molar-refractivity contribution is 5.71. The summed E-state index contributed by atoms with van der Waals surface area (Å²) in [4.78, 5) is 0. The van der Waals surface area contributed by atoms with Crippen molar-refractivity contribution in [1.82, 2.24) is 0 Å². The van der Waals surface area contributed by atoms with E-state index in [-0.39, 0.29) is 5.75 Å².